The Kier molecular flexibility index (Phi) is 2.26. The molecule has 0 saturated heterocycles. The summed E-state index contributed by atoms with van der Waals surface area (Å²) in [5.74, 6) is 0.942. The molecule has 4 rings (SSSR count). The molecule has 0 aliphatic heterocycles. The van der Waals surface area contributed by atoms with E-state index in [0.29, 0.717) is 5.02 Å². The highest BCUT2D eigenvalue weighted by molar-refractivity contribution is 7.15. The number of thiophene rings is 1. The quantitative estimate of drug-likeness (QED) is 0.698. The monoisotopic (exact) mass is 274 g/mol. The van der Waals surface area contributed by atoms with Crippen molar-refractivity contribution in [2.45, 2.75) is 19.3 Å². The standard InChI is InChI=1S/C14H11ClN2S/c15-9-4-2-5-10-13(9)17-14(16-10)12-7-8-3-1-6-11(8)18-12/h2,4-5,7H,1,3,6H2,(H,16,17). The zero-order chi connectivity index (χ0) is 12.1. The first kappa shape index (κ1) is 10.6. The normalized spacial score (nSPS) is 14.3. The number of aromatic nitrogens is 2. The second-order valence-electron chi connectivity index (χ2n) is 4.63. The number of halogens is 1. The number of imidazole rings is 1. The molecule has 0 spiro atoms. The Morgan fingerprint density at radius 1 is 1.28 bits per heavy atom. The minimum absolute atomic E-state index is 0.707. The van der Waals surface area contributed by atoms with Gasteiger partial charge in [0.25, 0.3) is 0 Å². The molecular formula is C14H11ClN2S. The number of nitrogens with one attached hydrogen (secondary N) is 1. The first-order chi connectivity index (χ1) is 8.81. The van der Waals surface area contributed by atoms with Crippen LogP contribution in [0.2, 0.25) is 5.02 Å². The van der Waals surface area contributed by atoms with Gasteiger partial charge in [-0.2, -0.15) is 0 Å². The SMILES string of the molecule is Clc1cccc2[nH]c(-c3cc4c(s3)CCC4)nc12. The van der Waals surface area contributed by atoms with Crippen molar-refractivity contribution < 1.29 is 0 Å². The number of para-hydroxylation sites is 1. The van der Waals surface area contributed by atoms with Crippen molar-refractivity contribution in [3.8, 4) is 10.7 Å². The molecule has 0 unspecified atom stereocenters. The van der Waals surface area contributed by atoms with Crippen molar-refractivity contribution in [2.75, 3.05) is 0 Å². The van der Waals surface area contributed by atoms with Crippen molar-refractivity contribution in [2.24, 2.45) is 0 Å². The van der Waals surface area contributed by atoms with Gasteiger partial charge in [0.2, 0.25) is 0 Å². The van der Waals surface area contributed by atoms with Crippen LogP contribution in [-0.4, -0.2) is 9.97 Å². The van der Waals surface area contributed by atoms with Gasteiger partial charge in [0.1, 0.15) is 11.3 Å². The van der Waals surface area contributed by atoms with E-state index < -0.39 is 0 Å². The van der Waals surface area contributed by atoms with E-state index in [1.54, 1.807) is 0 Å². The maximum absolute atomic E-state index is 6.15. The lowest BCUT2D eigenvalue weighted by Crippen LogP contribution is -1.76. The summed E-state index contributed by atoms with van der Waals surface area (Å²) in [7, 11) is 0. The van der Waals surface area contributed by atoms with Crippen LogP contribution < -0.4 is 0 Å². The fourth-order valence-electron chi connectivity index (χ4n) is 2.56. The number of rotatable bonds is 1. The summed E-state index contributed by atoms with van der Waals surface area (Å²) in [6.07, 6.45) is 3.74. The molecule has 0 fully saturated rings. The molecule has 18 heavy (non-hydrogen) atoms. The summed E-state index contributed by atoms with van der Waals surface area (Å²) in [6.45, 7) is 0. The highest BCUT2D eigenvalue weighted by atomic mass is 35.5. The summed E-state index contributed by atoms with van der Waals surface area (Å²) >= 11 is 8.01. The van der Waals surface area contributed by atoms with Gasteiger partial charge in [-0.15, -0.1) is 11.3 Å². The van der Waals surface area contributed by atoms with Crippen LogP contribution in [0.3, 0.4) is 0 Å². The zero-order valence-electron chi connectivity index (χ0n) is 9.66. The average molecular weight is 275 g/mol. The van der Waals surface area contributed by atoms with Crippen LogP contribution in [0.5, 0.6) is 0 Å². The lowest BCUT2D eigenvalue weighted by molar-refractivity contribution is 0.915. The third-order valence-corrected chi connectivity index (χ3v) is 4.99. The Morgan fingerprint density at radius 3 is 3.06 bits per heavy atom. The van der Waals surface area contributed by atoms with E-state index in [4.69, 9.17) is 11.6 Å². The molecular weight excluding hydrogens is 264 g/mol. The summed E-state index contributed by atoms with van der Waals surface area (Å²) in [5.41, 5.74) is 3.37. The number of aromatic amines is 1. The van der Waals surface area contributed by atoms with E-state index in [1.807, 2.05) is 29.5 Å². The first-order valence-electron chi connectivity index (χ1n) is 6.07. The molecule has 3 aromatic rings. The zero-order valence-corrected chi connectivity index (χ0v) is 11.2. The van der Waals surface area contributed by atoms with E-state index in [2.05, 4.69) is 16.0 Å². The lowest BCUT2D eigenvalue weighted by Gasteiger charge is -1.89. The van der Waals surface area contributed by atoms with Crippen LogP contribution in [0.4, 0.5) is 0 Å². The Hall–Kier alpha value is -1.32. The Balaban J connectivity index is 1.88. The summed E-state index contributed by atoms with van der Waals surface area (Å²) in [5, 5.41) is 0.707. The molecule has 2 aromatic heterocycles. The smallest absolute Gasteiger partial charge is 0.148 e. The number of benzene rings is 1. The number of fused-ring (bicyclic) bond motifs is 2. The predicted molar refractivity (Wildman–Crippen MR) is 76.4 cm³/mol. The number of hydrogen-bond donors (Lipinski definition) is 1. The highest BCUT2D eigenvalue weighted by Gasteiger charge is 2.17. The van der Waals surface area contributed by atoms with Crippen molar-refractivity contribution in [3.05, 3.63) is 39.7 Å². The van der Waals surface area contributed by atoms with Crippen molar-refractivity contribution >= 4 is 34.0 Å². The maximum Gasteiger partial charge on any atom is 0.148 e. The molecule has 4 heteroatoms. The molecule has 0 amide bonds. The summed E-state index contributed by atoms with van der Waals surface area (Å²) < 4.78 is 0. The Labute approximate surface area is 114 Å². The van der Waals surface area contributed by atoms with Gasteiger partial charge in [0.15, 0.2) is 0 Å². The number of hydrogen-bond acceptors (Lipinski definition) is 2. The first-order valence-corrected chi connectivity index (χ1v) is 7.27. The van der Waals surface area contributed by atoms with Crippen molar-refractivity contribution in [3.63, 3.8) is 0 Å². The fraction of sp³-hybridized carbons (Fsp3) is 0.214. The maximum atomic E-state index is 6.15. The molecule has 1 aliphatic carbocycles. The van der Waals surface area contributed by atoms with Crippen molar-refractivity contribution in [1.29, 1.82) is 0 Å². The van der Waals surface area contributed by atoms with Crippen LogP contribution in [-0.2, 0) is 12.8 Å². The fourth-order valence-corrected chi connectivity index (χ4v) is 3.97. The van der Waals surface area contributed by atoms with Crippen LogP contribution >= 0.6 is 22.9 Å². The van der Waals surface area contributed by atoms with Crippen LogP contribution in [0, 0.1) is 0 Å². The molecule has 0 atom stereocenters. The van der Waals surface area contributed by atoms with Crippen LogP contribution in [0.1, 0.15) is 16.9 Å². The molecule has 1 N–H and O–H groups in total. The molecule has 2 heterocycles. The van der Waals surface area contributed by atoms with Crippen LogP contribution in [0.15, 0.2) is 24.3 Å². The van der Waals surface area contributed by atoms with Gasteiger partial charge in [0.05, 0.1) is 15.4 Å². The number of aryl methyl sites for hydroxylation is 2. The van der Waals surface area contributed by atoms with Gasteiger partial charge in [-0.3, -0.25) is 0 Å². The van der Waals surface area contributed by atoms with Gasteiger partial charge in [-0.1, -0.05) is 17.7 Å². The van der Waals surface area contributed by atoms with Gasteiger partial charge in [-0.25, -0.2) is 4.98 Å². The second-order valence-corrected chi connectivity index (χ2v) is 6.18. The molecule has 90 valence electrons. The number of H-pyrrole nitrogens is 1. The predicted octanol–water partition coefficient (Wildman–Crippen LogP) is 4.43. The van der Waals surface area contributed by atoms with E-state index >= 15 is 0 Å². The van der Waals surface area contributed by atoms with E-state index in [1.165, 1.54) is 34.6 Å². The molecule has 0 bridgehead atoms. The molecule has 0 saturated carbocycles. The van der Waals surface area contributed by atoms with E-state index in [-0.39, 0.29) is 0 Å². The minimum atomic E-state index is 0.707. The second kappa shape index (κ2) is 3.84. The van der Waals surface area contributed by atoms with Gasteiger partial charge in [-0.05, 0) is 43.0 Å². The minimum Gasteiger partial charge on any atom is -0.337 e. The van der Waals surface area contributed by atoms with Crippen LogP contribution in [0.25, 0.3) is 21.7 Å². The third-order valence-electron chi connectivity index (χ3n) is 3.44. The Morgan fingerprint density at radius 2 is 2.22 bits per heavy atom. The van der Waals surface area contributed by atoms with E-state index in [0.717, 1.165) is 16.9 Å². The van der Waals surface area contributed by atoms with Crippen molar-refractivity contribution in [1.82, 2.24) is 9.97 Å². The van der Waals surface area contributed by atoms with E-state index in [9.17, 15) is 0 Å². The number of nitrogens with zero attached hydrogens (tertiary/aromatic N) is 1. The highest BCUT2D eigenvalue weighted by Crippen LogP contribution is 2.36. The van der Waals surface area contributed by atoms with Gasteiger partial charge >= 0.3 is 0 Å². The summed E-state index contributed by atoms with van der Waals surface area (Å²) in [6, 6.07) is 8.11. The molecule has 1 aromatic carbocycles. The third kappa shape index (κ3) is 1.51. The summed E-state index contributed by atoms with van der Waals surface area (Å²) in [4.78, 5) is 10.7. The molecule has 1 aliphatic rings. The Bertz CT molecular complexity index is 720. The topological polar surface area (TPSA) is 28.7 Å². The molecule has 0 radical (unpaired) electrons. The molecule has 2 nitrogen and oxygen atoms in total. The average Bonchev–Trinajstić information content (AvgIpc) is 3.01. The van der Waals surface area contributed by atoms with Gasteiger partial charge in [0, 0.05) is 4.88 Å². The lowest BCUT2D eigenvalue weighted by atomic mass is 10.2. The van der Waals surface area contributed by atoms with Gasteiger partial charge < -0.3 is 4.98 Å². The largest absolute Gasteiger partial charge is 0.337 e.